The summed E-state index contributed by atoms with van der Waals surface area (Å²) in [6.07, 6.45) is 9.09. The van der Waals surface area contributed by atoms with Crippen molar-refractivity contribution in [3.8, 4) is 0 Å². The van der Waals surface area contributed by atoms with Gasteiger partial charge in [-0.3, -0.25) is 0 Å². The van der Waals surface area contributed by atoms with Crippen molar-refractivity contribution in [2.75, 3.05) is 19.7 Å². The van der Waals surface area contributed by atoms with E-state index in [-0.39, 0.29) is 0 Å². The third-order valence-corrected chi connectivity index (χ3v) is 3.35. The van der Waals surface area contributed by atoms with Gasteiger partial charge in [-0.2, -0.15) is 0 Å². The summed E-state index contributed by atoms with van der Waals surface area (Å²) < 4.78 is 0. The van der Waals surface area contributed by atoms with Crippen LogP contribution in [0, 0.1) is 0 Å². The second kappa shape index (κ2) is 7.24. The number of aliphatic hydroxyl groups excluding tert-OH is 1. The van der Waals surface area contributed by atoms with Gasteiger partial charge in [0.1, 0.15) is 0 Å². The summed E-state index contributed by atoms with van der Waals surface area (Å²) in [6, 6.07) is 0.870. The van der Waals surface area contributed by atoms with E-state index in [1.54, 1.807) is 0 Å². The molecule has 0 spiro atoms. The summed E-state index contributed by atoms with van der Waals surface area (Å²) in [7, 11) is 0. The van der Waals surface area contributed by atoms with Crippen molar-refractivity contribution < 1.29 is 5.11 Å². The quantitative estimate of drug-likeness (QED) is 0.636. The number of aliphatic hydroxyl groups is 1. The van der Waals surface area contributed by atoms with Gasteiger partial charge in [0, 0.05) is 12.6 Å². The molecule has 0 bridgehead atoms. The summed E-state index contributed by atoms with van der Waals surface area (Å²) >= 11 is 0. The lowest BCUT2D eigenvalue weighted by Crippen LogP contribution is -2.33. The molecule has 0 unspecified atom stereocenters. The predicted molar refractivity (Wildman–Crippen MR) is 60.4 cm³/mol. The van der Waals surface area contributed by atoms with Gasteiger partial charge in [-0.25, -0.2) is 0 Å². The molecule has 1 N–H and O–H groups in total. The van der Waals surface area contributed by atoms with Crippen LogP contribution in [-0.2, 0) is 0 Å². The molecular formula is C12H25NO. The van der Waals surface area contributed by atoms with Gasteiger partial charge in [0.25, 0.3) is 0 Å². The maximum Gasteiger partial charge on any atom is 0.0431 e. The minimum absolute atomic E-state index is 0.357. The Balaban J connectivity index is 2.11. The molecule has 1 aliphatic carbocycles. The Hall–Kier alpha value is -0.0800. The van der Waals surface area contributed by atoms with Crippen LogP contribution < -0.4 is 0 Å². The maximum atomic E-state index is 8.69. The summed E-state index contributed by atoms with van der Waals surface area (Å²) in [5.41, 5.74) is 0. The first-order valence-electron chi connectivity index (χ1n) is 6.23. The first-order chi connectivity index (χ1) is 6.88. The second-order valence-electron chi connectivity index (χ2n) is 4.35. The van der Waals surface area contributed by atoms with E-state index in [4.69, 9.17) is 5.11 Å². The van der Waals surface area contributed by atoms with Crippen molar-refractivity contribution >= 4 is 0 Å². The molecule has 0 saturated heterocycles. The molecule has 0 radical (unpaired) electrons. The molecule has 0 atom stereocenters. The van der Waals surface area contributed by atoms with E-state index in [0.29, 0.717) is 6.61 Å². The summed E-state index contributed by atoms with van der Waals surface area (Å²) in [6.45, 7) is 5.06. The fourth-order valence-corrected chi connectivity index (χ4v) is 2.47. The summed E-state index contributed by atoms with van der Waals surface area (Å²) in [5, 5.41) is 8.69. The molecule has 0 aromatic heterocycles. The molecule has 14 heavy (non-hydrogen) atoms. The van der Waals surface area contributed by atoms with Crippen molar-refractivity contribution in [2.45, 2.75) is 57.9 Å². The van der Waals surface area contributed by atoms with Crippen molar-refractivity contribution in [3.63, 3.8) is 0 Å². The first-order valence-corrected chi connectivity index (χ1v) is 6.23. The highest BCUT2D eigenvalue weighted by atomic mass is 16.2. The summed E-state index contributed by atoms with van der Waals surface area (Å²) in [5.74, 6) is 0. The molecule has 0 heterocycles. The molecule has 0 aromatic rings. The fourth-order valence-electron chi connectivity index (χ4n) is 2.47. The number of unbranched alkanes of at least 4 members (excludes halogenated alkanes) is 2. The Kier molecular flexibility index (Phi) is 6.20. The van der Waals surface area contributed by atoms with E-state index in [9.17, 15) is 0 Å². The minimum atomic E-state index is 0.357. The lowest BCUT2D eigenvalue weighted by molar-refractivity contribution is 0.201. The molecule has 1 rings (SSSR count). The third-order valence-electron chi connectivity index (χ3n) is 3.35. The maximum absolute atomic E-state index is 8.69. The van der Waals surface area contributed by atoms with Crippen molar-refractivity contribution in [2.24, 2.45) is 0 Å². The first kappa shape index (κ1) is 12.0. The van der Waals surface area contributed by atoms with Crippen LogP contribution in [0.2, 0.25) is 0 Å². The Morgan fingerprint density at radius 1 is 1.14 bits per heavy atom. The molecule has 1 fully saturated rings. The van der Waals surface area contributed by atoms with E-state index in [2.05, 4.69) is 11.8 Å². The lowest BCUT2D eigenvalue weighted by atomic mass is 10.1. The van der Waals surface area contributed by atoms with Crippen molar-refractivity contribution in [1.82, 2.24) is 4.90 Å². The van der Waals surface area contributed by atoms with Crippen molar-refractivity contribution in [1.29, 1.82) is 0 Å². The van der Waals surface area contributed by atoms with Crippen LogP contribution in [0.25, 0.3) is 0 Å². The zero-order valence-corrected chi connectivity index (χ0v) is 9.54. The smallest absolute Gasteiger partial charge is 0.0431 e. The van der Waals surface area contributed by atoms with Gasteiger partial charge in [-0.15, -0.1) is 0 Å². The fraction of sp³-hybridized carbons (Fsp3) is 1.00. The SMILES string of the molecule is CCN(CCCCCO)C1CCCC1. The highest BCUT2D eigenvalue weighted by Crippen LogP contribution is 2.23. The van der Waals surface area contributed by atoms with Gasteiger partial charge in [0.2, 0.25) is 0 Å². The van der Waals surface area contributed by atoms with Gasteiger partial charge in [-0.05, 0) is 45.2 Å². The summed E-state index contributed by atoms with van der Waals surface area (Å²) in [4.78, 5) is 2.63. The van der Waals surface area contributed by atoms with E-state index >= 15 is 0 Å². The average Bonchev–Trinajstić information content (AvgIpc) is 2.71. The van der Waals surface area contributed by atoms with Gasteiger partial charge in [0.15, 0.2) is 0 Å². The normalized spacial score (nSPS) is 18.2. The topological polar surface area (TPSA) is 23.5 Å². The van der Waals surface area contributed by atoms with Crippen LogP contribution in [-0.4, -0.2) is 35.7 Å². The molecule has 0 aliphatic heterocycles. The number of nitrogens with zero attached hydrogens (tertiary/aromatic N) is 1. The molecule has 0 aromatic carbocycles. The predicted octanol–water partition coefficient (Wildman–Crippen LogP) is 2.41. The van der Waals surface area contributed by atoms with Crippen LogP contribution in [0.3, 0.4) is 0 Å². The van der Waals surface area contributed by atoms with Gasteiger partial charge < -0.3 is 10.0 Å². The van der Waals surface area contributed by atoms with Crippen LogP contribution >= 0.6 is 0 Å². The monoisotopic (exact) mass is 199 g/mol. The molecule has 2 heteroatoms. The van der Waals surface area contributed by atoms with E-state index < -0.39 is 0 Å². The largest absolute Gasteiger partial charge is 0.396 e. The zero-order valence-electron chi connectivity index (χ0n) is 9.54. The van der Waals surface area contributed by atoms with Crippen LogP contribution in [0.15, 0.2) is 0 Å². The standard InChI is InChI=1S/C12H25NO/c1-2-13(10-6-3-7-11-14)12-8-4-5-9-12/h12,14H,2-11H2,1H3. The Morgan fingerprint density at radius 3 is 2.43 bits per heavy atom. The molecule has 2 nitrogen and oxygen atoms in total. The highest BCUT2D eigenvalue weighted by molar-refractivity contribution is 4.76. The van der Waals surface area contributed by atoms with E-state index in [0.717, 1.165) is 12.5 Å². The Labute approximate surface area is 88.3 Å². The van der Waals surface area contributed by atoms with E-state index in [1.165, 1.54) is 51.6 Å². The number of rotatable bonds is 7. The van der Waals surface area contributed by atoms with Crippen LogP contribution in [0.1, 0.15) is 51.9 Å². The highest BCUT2D eigenvalue weighted by Gasteiger charge is 2.20. The molecular weight excluding hydrogens is 174 g/mol. The number of hydrogen-bond donors (Lipinski definition) is 1. The number of hydrogen-bond acceptors (Lipinski definition) is 2. The van der Waals surface area contributed by atoms with Gasteiger partial charge in [0.05, 0.1) is 0 Å². The van der Waals surface area contributed by atoms with Crippen LogP contribution in [0.4, 0.5) is 0 Å². The third kappa shape index (κ3) is 3.97. The Bertz CT molecular complexity index is 132. The molecule has 0 amide bonds. The average molecular weight is 199 g/mol. The van der Waals surface area contributed by atoms with Crippen LogP contribution in [0.5, 0.6) is 0 Å². The van der Waals surface area contributed by atoms with Crippen molar-refractivity contribution in [3.05, 3.63) is 0 Å². The minimum Gasteiger partial charge on any atom is -0.396 e. The zero-order chi connectivity index (χ0) is 10.2. The van der Waals surface area contributed by atoms with E-state index in [1.807, 2.05) is 0 Å². The second-order valence-corrected chi connectivity index (χ2v) is 4.35. The molecule has 1 aliphatic rings. The van der Waals surface area contributed by atoms with Gasteiger partial charge in [-0.1, -0.05) is 19.8 Å². The van der Waals surface area contributed by atoms with Gasteiger partial charge >= 0.3 is 0 Å². The lowest BCUT2D eigenvalue weighted by Gasteiger charge is -2.27. The molecule has 1 saturated carbocycles. The molecule has 84 valence electrons. The Morgan fingerprint density at radius 2 is 1.86 bits per heavy atom.